The first-order valence-electron chi connectivity index (χ1n) is 6.34. The van der Waals surface area contributed by atoms with E-state index in [2.05, 4.69) is 0 Å². The highest BCUT2D eigenvalue weighted by Gasteiger charge is 2.33. The van der Waals surface area contributed by atoms with Gasteiger partial charge in [0.25, 0.3) is 5.91 Å². The first-order chi connectivity index (χ1) is 7.70. The molecule has 1 saturated carbocycles. The molecule has 1 amide bonds. The van der Waals surface area contributed by atoms with Crippen molar-refractivity contribution in [1.29, 1.82) is 0 Å². The predicted molar refractivity (Wildman–Crippen MR) is 62.0 cm³/mol. The van der Waals surface area contributed by atoms with E-state index in [1.54, 1.807) is 0 Å². The van der Waals surface area contributed by atoms with Gasteiger partial charge in [-0.3, -0.25) is 4.79 Å². The van der Waals surface area contributed by atoms with Crippen molar-refractivity contribution in [2.45, 2.75) is 56.7 Å². The summed E-state index contributed by atoms with van der Waals surface area (Å²) in [6.07, 6.45) is 6.11. The molecule has 3 unspecified atom stereocenters. The van der Waals surface area contributed by atoms with Gasteiger partial charge in [0.05, 0.1) is 0 Å². The summed E-state index contributed by atoms with van der Waals surface area (Å²) in [7, 11) is 1.87. The minimum atomic E-state index is -0.209. The van der Waals surface area contributed by atoms with Gasteiger partial charge >= 0.3 is 0 Å². The molecule has 3 atom stereocenters. The van der Waals surface area contributed by atoms with E-state index in [0.717, 1.165) is 32.3 Å². The SMILES string of the molecule is CN(C(=O)C1CCCO1)C1CCCCC1N. The Labute approximate surface area is 97.1 Å². The zero-order valence-corrected chi connectivity index (χ0v) is 10.0. The fraction of sp³-hybridized carbons (Fsp3) is 0.917. The molecule has 2 aliphatic rings. The van der Waals surface area contributed by atoms with Crippen molar-refractivity contribution < 1.29 is 9.53 Å². The van der Waals surface area contributed by atoms with Crippen LogP contribution in [0.15, 0.2) is 0 Å². The molecule has 0 spiro atoms. The summed E-state index contributed by atoms with van der Waals surface area (Å²) in [5.74, 6) is 0.125. The maximum Gasteiger partial charge on any atom is 0.251 e. The highest BCUT2D eigenvalue weighted by atomic mass is 16.5. The monoisotopic (exact) mass is 226 g/mol. The van der Waals surface area contributed by atoms with Crippen LogP contribution < -0.4 is 5.73 Å². The molecule has 1 aliphatic heterocycles. The fourth-order valence-electron chi connectivity index (χ4n) is 2.78. The van der Waals surface area contributed by atoms with Crippen LogP contribution in [-0.4, -0.2) is 42.6 Å². The smallest absolute Gasteiger partial charge is 0.251 e. The van der Waals surface area contributed by atoms with Gasteiger partial charge in [0.15, 0.2) is 0 Å². The quantitative estimate of drug-likeness (QED) is 0.761. The van der Waals surface area contributed by atoms with Gasteiger partial charge in [-0.1, -0.05) is 12.8 Å². The average molecular weight is 226 g/mol. The summed E-state index contributed by atoms with van der Waals surface area (Å²) in [6.45, 7) is 0.723. The molecule has 1 saturated heterocycles. The van der Waals surface area contributed by atoms with Gasteiger partial charge in [0.1, 0.15) is 6.10 Å². The summed E-state index contributed by atoms with van der Waals surface area (Å²) < 4.78 is 5.43. The van der Waals surface area contributed by atoms with Crippen molar-refractivity contribution in [1.82, 2.24) is 4.90 Å². The molecule has 0 bridgehead atoms. The largest absolute Gasteiger partial charge is 0.368 e. The lowest BCUT2D eigenvalue weighted by Crippen LogP contribution is -2.52. The fourth-order valence-corrected chi connectivity index (χ4v) is 2.78. The average Bonchev–Trinajstić information content (AvgIpc) is 2.81. The number of carbonyl (C=O) groups excluding carboxylic acids is 1. The number of hydrogen-bond donors (Lipinski definition) is 1. The van der Waals surface area contributed by atoms with E-state index in [-0.39, 0.29) is 24.1 Å². The van der Waals surface area contributed by atoms with Gasteiger partial charge in [-0.05, 0) is 25.7 Å². The van der Waals surface area contributed by atoms with Crippen LogP contribution in [0.25, 0.3) is 0 Å². The molecular formula is C12H22N2O2. The Hall–Kier alpha value is -0.610. The standard InChI is InChI=1S/C12H22N2O2/c1-14(10-6-3-2-5-9(10)13)12(15)11-7-4-8-16-11/h9-11H,2-8,13H2,1H3. The number of ether oxygens (including phenoxy) is 1. The van der Waals surface area contributed by atoms with Crippen molar-refractivity contribution in [3.8, 4) is 0 Å². The molecule has 1 heterocycles. The Bertz CT molecular complexity index is 251. The lowest BCUT2D eigenvalue weighted by molar-refractivity contribution is -0.142. The van der Waals surface area contributed by atoms with Crippen molar-refractivity contribution in [3.63, 3.8) is 0 Å². The molecule has 0 aromatic heterocycles. The lowest BCUT2D eigenvalue weighted by atomic mass is 9.90. The molecule has 2 N–H and O–H groups in total. The van der Waals surface area contributed by atoms with E-state index in [0.29, 0.717) is 0 Å². The first kappa shape index (κ1) is 11.9. The van der Waals surface area contributed by atoms with Crippen LogP contribution in [0.1, 0.15) is 38.5 Å². The molecule has 4 heteroatoms. The Morgan fingerprint density at radius 3 is 2.62 bits per heavy atom. The normalized spacial score (nSPS) is 35.0. The Morgan fingerprint density at radius 1 is 1.25 bits per heavy atom. The van der Waals surface area contributed by atoms with Crippen molar-refractivity contribution >= 4 is 5.91 Å². The third kappa shape index (κ3) is 2.38. The molecule has 2 rings (SSSR count). The number of likely N-dealkylation sites (N-methyl/N-ethyl adjacent to an activating group) is 1. The van der Waals surface area contributed by atoms with E-state index in [4.69, 9.17) is 10.5 Å². The molecule has 2 fully saturated rings. The third-order valence-corrected chi connectivity index (χ3v) is 3.83. The zero-order chi connectivity index (χ0) is 11.5. The van der Waals surface area contributed by atoms with Crippen LogP contribution in [0.4, 0.5) is 0 Å². The van der Waals surface area contributed by atoms with E-state index >= 15 is 0 Å². The second-order valence-electron chi connectivity index (χ2n) is 4.97. The maximum atomic E-state index is 12.1. The molecule has 16 heavy (non-hydrogen) atoms. The first-order valence-corrected chi connectivity index (χ1v) is 6.34. The van der Waals surface area contributed by atoms with Crippen molar-refractivity contribution in [2.75, 3.05) is 13.7 Å². The van der Waals surface area contributed by atoms with Crippen LogP contribution >= 0.6 is 0 Å². The second-order valence-corrected chi connectivity index (χ2v) is 4.97. The van der Waals surface area contributed by atoms with Gasteiger partial charge in [-0.2, -0.15) is 0 Å². The van der Waals surface area contributed by atoms with E-state index in [9.17, 15) is 4.79 Å². The molecule has 0 aromatic rings. The third-order valence-electron chi connectivity index (χ3n) is 3.83. The number of hydrogen-bond acceptors (Lipinski definition) is 3. The zero-order valence-electron chi connectivity index (χ0n) is 10.0. The minimum Gasteiger partial charge on any atom is -0.368 e. The van der Waals surface area contributed by atoms with Crippen LogP contribution in [0, 0.1) is 0 Å². The van der Waals surface area contributed by atoms with Gasteiger partial charge in [-0.15, -0.1) is 0 Å². The van der Waals surface area contributed by atoms with Gasteiger partial charge in [0, 0.05) is 25.7 Å². The summed E-state index contributed by atoms with van der Waals surface area (Å²) in [5.41, 5.74) is 6.08. The highest BCUT2D eigenvalue weighted by molar-refractivity contribution is 5.81. The Balaban J connectivity index is 1.94. The van der Waals surface area contributed by atoms with Crippen LogP contribution in [-0.2, 0) is 9.53 Å². The van der Waals surface area contributed by atoms with Crippen molar-refractivity contribution in [2.24, 2.45) is 5.73 Å². The van der Waals surface area contributed by atoms with Crippen LogP contribution in [0.5, 0.6) is 0 Å². The number of nitrogens with two attached hydrogens (primary N) is 1. The van der Waals surface area contributed by atoms with Crippen LogP contribution in [0.2, 0.25) is 0 Å². The van der Waals surface area contributed by atoms with E-state index in [1.165, 1.54) is 12.8 Å². The van der Waals surface area contributed by atoms with E-state index in [1.807, 2.05) is 11.9 Å². The highest BCUT2D eigenvalue weighted by Crippen LogP contribution is 2.23. The topological polar surface area (TPSA) is 55.6 Å². The van der Waals surface area contributed by atoms with Gasteiger partial charge in [0.2, 0.25) is 0 Å². The Morgan fingerprint density at radius 2 is 2.00 bits per heavy atom. The summed E-state index contributed by atoms with van der Waals surface area (Å²) in [4.78, 5) is 14.0. The van der Waals surface area contributed by atoms with E-state index < -0.39 is 0 Å². The molecule has 4 nitrogen and oxygen atoms in total. The lowest BCUT2D eigenvalue weighted by Gasteiger charge is -2.37. The molecular weight excluding hydrogens is 204 g/mol. The second kappa shape index (κ2) is 5.15. The van der Waals surface area contributed by atoms with Gasteiger partial charge in [-0.25, -0.2) is 0 Å². The molecule has 1 aliphatic carbocycles. The molecule has 0 aromatic carbocycles. The number of amides is 1. The maximum absolute atomic E-state index is 12.1. The molecule has 92 valence electrons. The van der Waals surface area contributed by atoms with Crippen LogP contribution in [0.3, 0.4) is 0 Å². The Kier molecular flexibility index (Phi) is 3.82. The number of rotatable bonds is 2. The summed E-state index contributed by atoms with van der Waals surface area (Å²) >= 11 is 0. The van der Waals surface area contributed by atoms with Gasteiger partial charge < -0.3 is 15.4 Å². The minimum absolute atomic E-state index is 0.125. The summed E-state index contributed by atoms with van der Waals surface area (Å²) in [5, 5.41) is 0. The molecule has 0 radical (unpaired) electrons. The summed E-state index contributed by atoms with van der Waals surface area (Å²) in [6, 6.07) is 0.356. The number of nitrogens with zero attached hydrogens (tertiary/aromatic N) is 1. The number of carbonyl (C=O) groups is 1. The predicted octanol–water partition coefficient (Wildman–Crippen LogP) is 0.894. The van der Waals surface area contributed by atoms with Crippen molar-refractivity contribution in [3.05, 3.63) is 0 Å².